The summed E-state index contributed by atoms with van der Waals surface area (Å²) in [5.74, 6) is -1.89. The van der Waals surface area contributed by atoms with Crippen molar-refractivity contribution in [2.75, 3.05) is 6.61 Å². The lowest BCUT2D eigenvalue weighted by Gasteiger charge is -2.12. The van der Waals surface area contributed by atoms with Gasteiger partial charge < -0.3 is 15.5 Å². The van der Waals surface area contributed by atoms with E-state index >= 15 is 0 Å². The fourth-order valence-corrected chi connectivity index (χ4v) is 0.524. The number of aliphatic hydroxyl groups excluding tert-OH is 1. The van der Waals surface area contributed by atoms with Gasteiger partial charge in [-0.05, 0) is 0 Å². The molecule has 0 spiro atoms. The predicted octanol–water partition coefficient (Wildman–Crippen LogP) is -0.796. The molecule has 0 heterocycles. The van der Waals surface area contributed by atoms with Crippen LogP contribution in [0.1, 0.15) is 13.8 Å². The van der Waals surface area contributed by atoms with E-state index in [1.807, 2.05) is 0 Å². The molecule has 0 aliphatic heterocycles. The highest BCUT2D eigenvalue weighted by Crippen LogP contribution is 1.92. The Balaban J connectivity index is 4.03. The van der Waals surface area contributed by atoms with Crippen LogP contribution in [-0.2, 0) is 9.59 Å². The Hall–Kier alpha value is -1.10. The molecule has 0 aliphatic carbocycles. The Kier molecular flexibility index (Phi) is 4.28. The average molecular weight is 175 g/mol. The molecule has 0 saturated heterocycles. The monoisotopic (exact) mass is 175 g/mol. The number of carbonyl (C=O) groups is 2. The molecule has 0 bridgehead atoms. The molecule has 12 heavy (non-hydrogen) atoms. The minimum atomic E-state index is -1.23. The van der Waals surface area contributed by atoms with E-state index in [0.29, 0.717) is 0 Å². The maximum atomic E-state index is 10.9. The molecule has 70 valence electrons. The Morgan fingerprint density at radius 2 is 1.92 bits per heavy atom. The fourth-order valence-electron chi connectivity index (χ4n) is 0.524. The average Bonchev–Trinajstić information content (AvgIpc) is 1.98. The SMILES string of the molecule is CC(C)C(=O)NC(CO)C(=O)O. The molecule has 0 aromatic rings. The molecule has 0 rings (SSSR count). The lowest BCUT2D eigenvalue weighted by atomic mass is 10.2. The van der Waals surface area contributed by atoms with Gasteiger partial charge in [0.05, 0.1) is 6.61 Å². The second-order valence-corrected chi connectivity index (χ2v) is 2.74. The molecule has 5 nitrogen and oxygen atoms in total. The Morgan fingerprint density at radius 1 is 1.42 bits per heavy atom. The van der Waals surface area contributed by atoms with Crippen molar-refractivity contribution in [2.45, 2.75) is 19.9 Å². The summed E-state index contributed by atoms with van der Waals surface area (Å²) < 4.78 is 0. The summed E-state index contributed by atoms with van der Waals surface area (Å²) in [4.78, 5) is 21.2. The number of carboxylic acids is 1. The van der Waals surface area contributed by atoms with Gasteiger partial charge in [0.1, 0.15) is 6.04 Å². The summed E-state index contributed by atoms with van der Waals surface area (Å²) in [6.45, 7) is 2.70. The molecule has 0 aliphatic rings. The number of amides is 1. The highest BCUT2D eigenvalue weighted by Gasteiger charge is 2.19. The van der Waals surface area contributed by atoms with E-state index in [9.17, 15) is 9.59 Å². The van der Waals surface area contributed by atoms with Crippen LogP contribution in [0.4, 0.5) is 0 Å². The molecule has 0 aromatic heterocycles. The smallest absolute Gasteiger partial charge is 0.328 e. The van der Waals surface area contributed by atoms with E-state index in [1.165, 1.54) is 0 Å². The molecular weight excluding hydrogens is 162 g/mol. The molecule has 1 amide bonds. The summed E-state index contributed by atoms with van der Waals surface area (Å²) in [6.07, 6.45) is 0. The summed E-state index contributed by atoms with van der Waals surface area (Å²) in [6, 6.07) is -1.19. The molecule has 5 heteroatoms. The van der Waals surface area contributed by atoms with Crippen molar-refractivity contribution in [2.24, 2.45) is 5.92 Å². The van der Waals surface area contributed by atoms with Crippen molar-refractivity contribution >= 4 is 11.9 Å². The quantitative estimate of drug-likeness (QED) is 0.522. The van der Waals surface area contributed by atoms with Gasteiger partial charge in [-0.25, -0.2) is 4.79 Å². The van der Waals surface area contributed by atoms with E-state index in [1.54, 1.807) is 13.8 Å². The summed E-state index contributed by atoms with van der Waals surface area (Å²) >= 11 is 0. The first-order valence-electron chi connectivity index (χ1n) is 3.63. The van der Waals surface area contributed by atoms with Crippen molar-refractivity contribution in [3.8, 4) is 0 Å². The number of carbonyl (C=O) groups excluding carboxylic acids is 1. The standard InChI is InChI=1S/C7H13NO4/c1-4(2)6(10)8-5(3-9)7(11)12/h4-5,9H,3H2,1-2H3,(H,8,10)(H,11,12). The van der Waals surface area contributed by atoms with Crippen LogP contribution in [0, 0.1) is 5.92 Å². The molecule has 0 saturated carbocycles. The van der Waals surface area contributed by atoms with Gasteiger partial charge in [-0.2, -0.15) is 0 Å². The number of rotatable bonds is 4. The first kappa shape index (κ1) is 10.9. The first-order valence-corrected chi connectivity index (χ1v) is 3.63. The van der Waals surface area contributed by atoms with Gasteiger partial charge in [0, 0.05) is 5.92 Å². The number of hydrogen-bond donors (Lipinski definition) is 3. The van der Waals surface area contributed by atoms with E-state index in [2.05, 4.69) is 5.32 Å². The second-order valence-electron chi connectivity index (χ2n) is 2.74. The van der Waals surface area contributed by atoms with Gasteiger partial charge in [0.2, 0.25) is 5.91 Å². The summed E-state index contributed by atoms with van der Waals surface area (Å²) in [7, 11) is 0. The number of carboxylic acid groups (broad SMARTS) is 1. The highest BCUT2D eigenvalue weighted by atomic mass is 16.4. The van der Waals surface area contributed by atoms with Gasteiger partial charge in [0.15, 0.2) is 0 Å². The zero-order valence-corrected chi connectivity index (χ0v) is 7.07. The molecule has 3 N–H and O–H groups in total. The fraction of sp³-hybridized carbons (Fsp3) is 0.714. The van der Waals surface area contributed by atoms with Crippen molar-refractivity contribution in [1.29, 1.82) is 0 Å². The normalized spacial score (nSPS) is 12.7. The summed E-state index contributed by atoms with van der Waals surface area (Å²) in [5.41, 5.74) is 0. The third-order valence-corrected chi connectivity index (χ3v) is 1.32. The third kappa shape index (κ3) is 3.34. The third-order valence-electron chi connectivity index (χ3n) is 1.32. The van der Waals surface area contributed by atoms with Crippen LogP contribution in [0.3, 0.4) is 0 Å². The van der Waals surface area contributed by atoms with Crippen molar-refractivity contribution in [3.05, 3.63) is 0 Å². The number of aliphatic hydroxyl groups is 1. The molecule has 0 aromatic carbocycles. The highest BCUT2D eigenvalue weighted by molar-refractivity contribution is 5.84. The van der Waals surface area contributed by atoms with Crippen LogP contribution in [0.15, 0.2) is 0 Å². The molecule has 1 unspecified atom stereocenters. The van der Waals surface area contributed by atoms with Crippen LogP contribution in [0.5, 0.6) is 0 Å². The predicted molar refractivity (Wildman–Crippen MR) is 41.5 cm³/mol. The van der Waals surface area contributed by atoms with E-state index in [-0.39, 0.29) is 11.8 Å². The minimum absolute atomic E-state index is 0.279. The number of nitrogens with one attached hydrogen (secondary N) is 1. The lowest BCUT2D eigenvalue weighted by Crippen LogP contribution is -2.44. The Morgan fingerprint density at radius 3 is 2.17 bits per heavy atom. The maximum absolute atomic E-state index is 10.9. The van der Waals surface area contributed by atoms with Crippen LogP contribution in [0.2, 0.25) is 0 Å². The van der Waals surface area contributed by atoms with Crippen LogP contribution < -0.4 is 5.32 Å². The van der Waals surface area contributed by atoms with E-state index < -0.39 is 18.6 Å². The van der Waals surface area contributed by atoms with Gasteiger partial charge in [0.25, 0.3) is 0 Å². The van der Waals surface area contributed by atoms with Gasteiger partial charge in [-0.3, -0.25) is 4.79 Å². The Bertz CT molecular complexity index is 178. The Labute approximate surface area is 70.4 Å². The molecule has 0 radical (unpaired) electrons. The topological polar surface area (TPSA) is 86.6 Å². The maximum Gasteiger partial charge on any atom is 0.328 e. The lowest BCUT2D eigenvalue weighted by molar-refractivity contribution is -0.143. The van der Waals surface area contributed by atoms with Crippen molar-refractivity contribution < 1.29 is 19.8 Å². The van der Waals surface area contributed by atoms with E-state index in [4.69, 9.17) is 10.2 Å². The van der Waals surface area contributed by atoms with Gasteiger partial charge >= 0.3 is 5.97 Å². The van der Waals surface area contributed by atoms with Gasteiger partial charge in [-0.1, -0.05) is 13.8 Å². The van der Waals surface area contributed by atoms with E-state index in [0.717, 1.165) is 0 Å². The molecular formula is C7H13NO4. The molecule has 1 atom stereocenters. The largest absolute Gasteiger partial charge is 0.480 e. The van der Waals surface area contributed by atoms with Gasteiger partial charge in [-0.15, -0.1) is 0 Å². The second kappa shape index (κ2) is 4.71. The number of aliphatic carboxylic acids is 1. The van der Waals surface area contributed by atoms with Crippen LogP contribution >= 0.6 is 0 Å². The van der Waals surface area contributed by atoms with Crippen LogP contribution in [-0.4, -0.2) is 34.7 Å². The minimum Gasteiger partial charge on any atom is -0.480 e. The zero-order valence-electron chi connectivity index (χ0n) is 7.07. The number of hydrogen-bond acceptors (Lipinski definition) is 3. The zero-order chi connectivity index (χ0) is 9.72. The summed E-state index contributed by atoms with van der Waals surface area (Å²) in [5, 5.41) is 19.1. The van der Waals surface area contributed by atoms with Crippen molar-refractivity contribution in [1.82, 2.24) is 5.32 Å². The molecule has 0 fully saturated rings. The first-order chi connectivity index (χ1) is 5.49. The van der Waals surface area contributed by atoms with Crippen molar-refractivity contribution in [3.63, 3.8) is 0 Å². The van der Waals surface area contributed by atoms with Crippen LogP contribution in [0.25, 0.3) is 0 Å².